The Bertz CT molecular complexity index is 593. The first-order valence-corrected chi connectivity index (χ1v) is 9.49. The maximum absolute atomic E-state index is 12.7. The molecule has 4 nitrogen and oxygen atoms in total. The standard InChI is InChI=1S/C15H22BrNO3S/c1-11(2)13-5-7-17(8-6-13)21(19,20)15-4-3-12(10-18)9-14(15)16/h3-4,9,11,13,18H,5-8,10H2,1-2H3. The molecule has 1 aliphatic rings. The Balaban J connectivity index is 2.19. The lowest BCUT2D eigenvalue weighted by atomic mass is 9.87. The molecule has 21 heavy (non-hydrogen) atoms. The van der Waals surface area contributed by atoms with E-state index in [0.29, 0.717) is 35.0 Å². The number of sulfonamides is 1. The van der Waals surface area contributed by atoms with Crippen LogP contribution in [0.4, 0.5) is 0 Å². The summed E-state index contributed by atoms with van der Waals surface area (Å²) >= 11 is 3.31. The Kier molecular flexibility index (Phi) is 5.46. The summed E-state index contributed by atoms with van der Waals surface area (Å²) < 4.78 is 27.5. The van der Waals surface area contributed by atoms with Crippen molar-refractivity contribution in [1.29, 1.82) is 0 Å². The summed E-state index contributed by atoms with van der Waals surface area (Å²) in [7, 11) is -3.46. The Morgan fingerprint density at radius 3 is 2.43 bits per heavy atom. The van der Waals surface area contributed by atoms with Crippen LogP contribution in [0.2, 0.25) is 0 Å². The highest BCUT2D eigenvalue weighted by atomic mass is 79.9. The first-order valence-electron chi connectivity index (χ1n) is 7.25. The minimum atomic E-state index is -3.46. The fourth-order valence-corrected chi connectivity index (χ4v) is 5.33. The van der Waals surface area contributed by atoms with Crippen molar-refractivity contribution in [2.75, 3.05) is 13.1 Å². The average molecular weight is 376 g/mol. The van der Waals surface area contributed by atoms with Gasteiger partial charge in [-0.05, 0) is 58.3 Å². The van der Waals surface area contributed by atoms with Crippen LogP contribution in [0.15, 0.2) is 27.6 Å². The lowest BCUT2D eigenvalue weighted by molar-refractivity contribution is 0.226. The Hall–Kier alpha value is -0.430. The number of rotatable bonds is 4. The number of hydrogen-bond donors (Lipinski definition) is 1. The summed E-state index contributed by atoms with van der Waals surface area (Å²) in [5, 5.41) is 9.10. The lowest BCUT2D eigenvalue weighted by Gasteiger charge is -2.33. The normalized spacial score (nSPS) is 18.3. The molecule has 1 heterocycles. The maximum atomic E-state index is 12.7. The molecule has 118 valence electrons. The van der Waals surface area contributed by atoms with E-state index >= 15 is 0 Å². The van der Waals surface area contributed by atoms with Crippen LogP contribution >= 0.6 is 15.9 Å². The van der Waals surface area contributed by atoms with Gasteiger partial charge in [-0.1, -0.05) is 19.9 Å². The molecule has 0 atom stereocenters. The Morgan fingerprint density at radius 1 is 1.33 bits per heavy atom. The summed E-state index contributed by atoms with van der Waals surface area (Å²) in [5.41, 5.74) is 0.694. The first-order chi connectivity index (χ1) is 9.86. The maximum Gasteiger partial charge on any atom is 0.244 e. The zero-order valence-corrected chi connectivity index (χ0v) is 14.8. The summed E-state index contributed by atoms with van der Waals surface area (Å²) in [4.78, 5) is 0.280. The second-order valence-corrected chi connectivity index (χ2v) is 8.67. The highest BCUT2D eigenvalue weighted by molar-refractivity contribution is 9.10. The van der Waals surface area contributed by atoms with E-state index in [1.165, 1.54) is 0 Å². The number of benzene rings is 1. The van der Waals surface area contributed by atoms with Crippen molar-refractivity contribution in [3.63, 3.8) is 0 Å². The highest BCUT2D eigenvalue weighted by Crippen LogP contribution is 2.31. The molecule has 1 N–H and O–H groups in total. The molecule has 2 rings (SSSR count). The molecular formula is C15H22BrNO3S. The van der Waals surface area contributed by atoms with Gasteiger partial charge in [0.25, 0.3) is 0 Å². The Morgan fingerprint density at radius 2 is 1.95 bits per heavy atom. The molecule has 0 aliphatic carbocycles. The molecule has 6 heteroatoms. The monoisotopic (exact) mass is 375 g/mol. The molecule has 0 spiro atoms. The van der Waals surface area contributed by atoms with Gasteiger partial charge in [-0.25, -0.2) is 8.42 Å². The molecule has 0 saturated carbocycles. The largest absolute Gasteiger partial charge is 0.392 e. The number of piperidine rings is 1. The van der Waals surface area contributed by atoms with Gasteiger partial charge in [0.15, 0.2) is 0 Å². The van der Waals surface area contributed by atoms with Crippen LogP contribution in [-0.4, -0.2) is 30.9 Å². The molecule has 1 aliphatic heterocycles. The minimum Gasteiger partial charge on any atom is -0.392 e. The van der Waals surface area contributed by atoms with E-state index < -0.39 is 10.0 Å². The quantitative estimate of drug-likeness (QED) is 0.879. The van der Waals surface area contributed by atoms with Crippen LogP contribution in [-0.2, 0) is 16.6 Å². The predicted octanol–water partition coefficient (Wildman–Crippen LogP) is 3.00. The number of aliphatic hydroxyl groups excluding tert-OH is 1. The van der Waals surface area contributed by atoms with Gasteiger partial charge in [-0.2, -0.15) is 4.31 Å². The van der Waals surface area contributed by atoms with Crippen LogP contribution < -0.4 is 0 Å². The third kappa shape index (κ3) is 3.67. The number of aliphatic hydroxyl groups is 1. The zero-order valence-electron chi connectivity index (χ0n) is 12.4. The summed E-state index contributed by atoms with van der Waals surface area (Å²) in [6.45, 7) is 5.45. The molecule has 0 aromatic heterocycles. The molecule has 1 aromatic rings. The SMILES string of the molecule is CC(C)C1CCN(S(=O)(=O)c2ccc(CO)cc2Br)CC1. The highest BCUT2D eigenvalue weighted by Gasteiger charge is 2.31. The summed E-state index contributed by atoms with van der Waals surface area (Å²) in [6, 6.07) is 4.88. The first kappa shape index (κ1) is 16.9. The van der Waals surface area contributed by atoms with Crippen molar-refractivity contribution in [3.8, 4) is 0 Å². The predicted molar refractivity (Wildman–Crippen MR) is 86.4 cm³/mol. The van der Waals surface area contributed by atoms with Gasteiger partial charge in [-0.3, -0.25) is 0 Å². The minimum absolute atomic E-state index is 0.0985. The molecule has 0 amide bonds. The van der Waals surface area contributed by atoms with E-state index in [2.05, 4.69) is 29.8 Å². The lowest BCUT2D eigenvalue weighted by Crippen LogP contribution is -2.39. The number of halogens is 1. The van der Waals surface area contributed by atoms with E-state index in [4.69, 9.17) is 5.11 Å². The molecule has 1 aromatic carbocycles. The van der Waals surface area contributed by atoms with Gasteiger partial charge >= 0.3 is 0 Å². The van der Waals surface area contributed by atoms with Gasteiger partial charge < -0.3 is 5.11 Å². The van der Waals surface area contributed by atoms with Crippen LogP contribution in [0.3, 0.4) is 0 Å². The van der Waals surface area contributed by atoms with Gasteiger partial charge in [-0.15, -0.1) is 0 Å². The van der Waals surface area contributed by atoms with Crippen LogP contribution in [0.25, 0.3) is 0 Å². The second kappa shape index (κ2) is 6.77. The molecule has 0 radical (unpaired) electrons. The van der Waals surface area contributed by atoms with Gasteiger partial charge in [0.1, 0.15) is 0 Å². The summed E-state index contributed by atoms with van der Waals surface area (Å²) in [5.74, 6) is 1.21. The molecule has 1 saturated heterocycles. The third-order valence-electron chi connectivity index (χ3n) is 4.24. The molecular weight excluding hydrogens is 354 g/mol. The smallest absolute Gasteiger partial charge is 0.244 e. The fourth-order valence-electron chi connectivity index (χ4n) is 2.77. The van der Waals surface area contributed by atoms with E-state index in [1.54, 1.807) is 22.5 Å². The fraction of sp³-hybridized carbons (Fsp3) is 0.600. The van der Waals surface area contributed by atoms with Gasteiger partial charge in [0.2, 0.25) is 10.0 Å². The van der Waals surface area contributed by atoms with Crippen LogP contribution in [0.1, 0.15) is 32.3 Å². The van der Waals surface area contributed by atoms with Crippen LogP contribution in [0.5, 0.6) is 0 Å². The molecule has 0 bridgehead atoms. The van der Waals surface area contributed by atoms with Crippen molar-refractivity contribution >= 4 is 26.0 Å². The van der Waals surface area contributed by atoms with Gasteiger partial charge in [0, 0.05) is 17.6 Å². The molecule has 0 unspecified atom stereocenters. The van der Waals surface area contributed by atoms with E-state index in [0.717, 1.165) is 12.8 Å². The second-order valence-electron chi connectivity index (χ2n) is 5.91. The van der Waals surface area contributed by atoms with Crippen molar-refractivity contribution in [3.05, 3.63) is 28.2 Å². The topological polar surface area (TPSA) is 57.6 Å². The summed E-state index contributed by atoms with van der Waals surface area (Å²) in [6.07, 6.45) is 1.84. The Labute approximate surface area is 135 Å². The van der Waals surface area contributed by atoms with Crippen LogP contribution in [0, 0.1) is 11.8 Å². The van der Waals surface area contributed by atoms with E-state index in [1.807, 2.05) is 0 Å². The number of hydrogen-bond acceptors (Lipinski definition) is 3. The zero-order chi connectivity index (χ0) is 15.6. The van der Waals surface area contributed by atoms with E-state index in [9.17, 15) is 8.42 Å². The third-order valence-corrected chi connectivity index (χ3v) is 7.11. The van der Waals surface area contributed by atoms with E-state index in [-0.39, 0.29) is 11.5 Å². The van der Waals surface area contributed by atoms with Gasteiger partial charge in [0.05, 0.1) is 11.5 Å². The number of nitrogens with zero attached hydrogens (tertiary/aromatic N) is 1. The van der Waals surface area contributed by atoms with Crippen molar-refractivity contribution < 1.29 is 13.5 Å². The van der Waals surface area contributed by atoms with Crippen molar-refractivity contribution in [2.24, 2.45) is 11.8 Å². The van der Waals surface area contributed by atoms with Crippen molar-refractivity contribution in [2.45, 2.75) is 38.2 Å². The molecule has 1 fully saturated rings. The van der Waals surface area contributed by atoms with Crippen molar-refractivity contribution in [1.82, 2.24) is 4.31 Å². The average Bonchev–Trinajstić information content (AvgIpc) is 2.46.